The fraction of sp³-hybridized carbons (Fsp3) is 0.235. The van der Waals surface area contributed by atoms with E-state index in [9.17, 15) is 4.79 Å². The first kappa shape index (κ1) is 14.9. The summed E-state index contributed by atoms with van der Waals surface area (Å²) in [6, 6.07) is 10.8. The molecule has 1 amide bonds. The minimum atomic E-state index is -0.158. The zero-order valence-corrected chi connectivity index (χ0v) is 12.6. The Labute approximate surface area is 124 Å². The van der Waals surface area contributed by atoms with Gasteiger partial charge in [-0.3, -0.25) is 4.79 Å². The van der Waals surface area contributed by atoms with Crippen LogP contribution < -0.4 is 15.8 Å². The maximum Gasteiger partial charge on any atom is 0.255 e. The predicted octanol–water partition coefficient (Wildman–Crippen LogP) is 3.54. The maximum atomic E-state index is 12.3. The predicted molar refractivity (Wildman–Crippen MR) is 85.9 cm³/mol. The van der Waals surface area contributed by atoms with Crippen molar-refractivity contribution >= 4 is 17.3 Å². The first-order valence-electron chi connectivity index (χ1n) is 6.92. The zero-order valence-electron chi connectivity index (χ0n) is 12.6. The summed E-state index contributed by atoms with van der Waals surface area (Å²) in [6.45, 7) is 6.37. The molecule has 0 aliphatic rings. The van der Waals surface area contributed by atoms with Gasteiger partial charge in [-0.05, 0) is 62.2 Å². The van der Waals surface area contributed by atoms with Crippen molar-refractivity contribution in [2.75, 3.05) is 17.7 Å². The molecule has 0 aliphatic heterocycles. The van der Waals surface area contributed by atoms with Crippen LogP contribution in [-0.4, -0.2) is 12.5 Å². The van der Waals surface area contributed by atoms with Crippen molar-refractivity contribution in [3.8, 4) is 5.75 Å². The number of amides is 1. The van der Waals surface area contributed by atoms with Crippen LogP contribution in [0.5, 0.6) is 5.75 Å². The average Bonchev–Trinajstić information content (AvgIpc) is 2.48. The van der Waals surface area contributed by atoms with Crippen LogP contribution >= 0.6 is 0 Å². The van der Waals surface area contributed by atoms with Crippen LogP contribution in [0.1, 0.15) is 28.4 Å². The van der Waals surface area contributed by atoms with Gasteiger partial charge >= 0.3 is 0 Å². The summed E-state index contributed by atoms with van der Waals surface area (Å²) in [7, 11) is 0. The lowest BCUT2D eigenvalue weighted by Gasteiger charge is -2.13. The van der Waals surface area contributed by atoms with Gasteiger partial charge in [0.2, 0.25) is 0 Å². The smallest absolute Gasteiger partial charge is 0.255 e. The summed E-state index contributed by atoms with van der Waals surface area (Å²) >= 11 is 0. The maximum absolute atomic E-state index is 12.3. The van der Waals surface area contributed by atoms with Gasteiger partial charge in [0.1, 0.15) is 5.75 Å². The van der Waals surface area contributed by atoms with Crippen molar-refractivity contribution in [1.29, 1.82) is 0 Å². The van der Waals surface area contributed by atoms with Crippen LogP contribution in [0.15, 0.2) is 36.4 Å². The number of ether oxygens (including phenoxy) is 1. The van der Waals surface area contributed by atoms with Crippen LogP contribution in [0.4, 0.5) is 11.4 Å². The molecule has 0 spiro atoms. The van der Waals surface area contributed by atoms with Crippen LogP contribution in [0.25, 0.3) is 0 Å². The summed E-state index contributed by atoms with van der Waals surface area (Å²) in [5, 5.41) is 2.93. The van der Waals surface area contributed by atoms with Crippen molar-refractivity contribution in [1.82, 2.24) is 0 Å². The van der Waals surface area contributed by atoms with E-state index < -0.39 is 0 Å². The SMILES string of the molecule is CCOc1ccc(C(=O)Nc2c(C)ccc(N)c2C)cc1. The molecular weight excluding hydrogens is 264 g/mol. The number of hydrogen-bond acceptors (Lipinski definition) is 3. The summed E-state index contributed by atoms with van der Waals surface area (Å²) in [4.78, 5) is 12.3. The van der Waals surface area contributed by atoms with Gasteiger partial charge in [-0.2, -0.15) is 0 Å². The highest BCUT2D eigenvalue weighted by molar-refractivity contribution is 6.05. The third-order valence-corrected chi connectivity index (χ3v) is 3.38. The molecule has 0 aromatic heterocycles. The standard InChI is InChI=1S/C17H20N2O2/c1-4-21-14-8-6-13(7-9-14)17(20)19-16-11(2)5-10-15(18)12(16)3/h5-10H,4,18H2,1-3H3,(H,19,20). The molecule has 4 heteroatoms. The number of hydrogen-bond donors (Lipinski definition) is 2. The Balaban J connectivity index is 2.20. The second kappa shape index (κ2) is 6.31. The van der Waals surface area contributed by atoms with Crippen LogP contribution in [0.3, 0.4) is 0 Å². The highest BCUT2D eigenvalue weighted by Gasteiger charge is 2.11. The Morgan fingerprint density at radius 2 is 1.81 bits per heavy atom. The molecular formula is C17H20N2O2. The van der Waals surface area contributed by atoms with Gasteiger partial charge < -0.3 is 15.8 Å². The number of carbonyl (C=O) groups excluding carboxylic acids is 1. The summed E-state index contributed by atoms with van der Waals surface area (Å²) < 4.78 is 5.36. The van der Waals surface area contributed by atoms with E-state index in [-0.39, 0.29) is 5.91 Å². The Morgan fingerprint density at radius 3 is 2.43 bits per heavy atom. The van der Waals surface area contributed by atoms with Crippen molar-refractivity contribution in [2.24, 2.45) is 0 Å². The van der Waals surface area contributed by atoms with Crippen LogP contribution in [0, 0.1) is 13.8 Å². The van der Waals surface area contributed by atoms with Gasteiger partial charge in [0, 0.05) is 16.9 Å². The molecule has 0 aliphatic carbocycles. The number of nitrogens with two attached hydrogens (primary N) is 1. The molecule has 0 atom stereocenters. The van der Waals surface area contributed by atoms with E-state index in [4.69, 9.17) is 10.5 Å². The molecule has 110 valence electrons. The highest BCUT2D eigenvalue weighted by atomic mass is 16.5. The number of benzene rings is 2. The molecule has 2 aromatic rings. The second-order valence-electron chi connectivity index (χ2n) is 4.88. The van der Waals surface area contributed by atoms with Gasteiger partial charge in [0.05, 0.1) is 6.61 Å². The fourth-order valence-corrected chi connectivity index (χ4v) is 2.11. The number of anilines is 2. The van der Waals surface area contributed by atoms with Gasteiger partial charge in [0.15, 0.2) is 0 Å². The molecule has 2 rings (SSSR count). The molecule has 4 nitrogen and oxygen atoms in total. The zero-order chi connectivity index (χ0) is 15.4. The third kappa shape index (κ3) is 3.34. The average molecular weight is 284 g/mol. The highest BCUT2D eigenvalue weighted by Crippen LogP contribution is 2.25. The number of aryl methyl sites for hydroxylation is 1. The fourth-order valence-electron chi connectivity index (χ4n) is 2.11. The number of nitrogen functional groups attached to an aromatic ring is 1. The van der Waals surface area contributed by atoms with E-state index in [0.29, 0.717) is 17.9 Å². The Bertz CT molecular complexity index is 649. The number of carbonyl (C=O) groups is 1. The minimum Gasteiger partial charge on any atom is -0.494 e. The van der Waals surface area contributed by atoms with E-state index in [1.165, 1.54) is 0 Å². The lowest BCUT2D eigenvalue weighted by molar-refractivity contribution is 0.102. The number of rotatable bonds is 4. The van der Waals surface area contributed by atoms with Crippen molar-refractivity contribution in [3.63, 3.8) is 0 Å². The molecule has 0 saturated carbocycles. The van der Waals surface area contributed by atoms with Crippen LogP contribution in [-0.2, 0) is 0 Å². The first-order chi connectivity index (χ1) is 10.0. The van der Waals surface area contributed by atoms with Gasteiger partial charge in [-0.25, -0.2) is 0 Å². The summed E-state index contributed by atoms with van der Waals surface area (Å²) in [5.41, 5.74) is 9.78. The number of nitrogens with one attached hydrogen (secondary N) is 1. The first-order valence-corrected chi connectivity index (χ1v) is 6.92. The Morgan fingerprint density at radius 1 is 1.14 bits per heavy atom. The quantitative estimate of drug-likeness (QED) is 0.844. The third-order valence-electron chi connectivity index (χ3n) is 3.38. The Kier molecular flexibility index (Phi) is 4.48. The monoisotopic (exact) mass is 284 g/mol. The molecule has 0 fully saturated rings. The molecule has 3 N–H and O–H groups in total. The summed E-state index contributed by atoms with van der Waals surface area (Å²) in [6.07, 6.45) is 0. The molecule has 0 saturated heterocycles. The normalized spacial score (nSPS) is 10.2. The van der Waals surface area contributed by atoms with Crippen LogP contribution in [0.2, 0.25) is 0 Å². The molecule has 21 heavy (non-hydrogen) atoms. The molecule has 0 radical (unpaired) electrons. The van der Waals surface area contributed by atoms with E-state index in [0.717, 1.165) is 22.6 Å². The Hall–Kier alpha value is -2.49. The second-order valence-corrected chi connectivity index (χ2v) is 4.88. The molecule has 0 unspecified atom stereocenters. The van der Waals surface area contributed by atoms with E-state index in [1.807, 2.05) is 32.9 Å². The van der Waals surface area contributed by atoms with Crippen molar-refractivity contribution in [3.05, 3.63) is 53.1 Å². The summed E-state index contributed by atoms with van der Waals surface area (Å²) in [5.74, 6) is 0.597. The van der Waals surface area contributed by atoms with E-state index >= 15 is 0 Å². The molecule has 0 bridgehead atoms. The largest absolute Gasteiger partial charge is 0.494 e. The van der Waals surface area contributed by atoms with Gasteiger partial charge in [-0.15, -0.1) is 0 Å². The van der Waals surface area contributed by atoms with E-state index in [1.54, 1.807) is 24.3 Å². The van der Waals surface area contributed by atoms with E-state index in [2.05, 4.69) is 5.32 Å². The molecule has 2 aromatic carbocycles. The lowest BCUT2D eigenvalue weighted by atomic mass is 10.1. The van der Waals surface area contributed by atoms with Crippen molar-refractivity contribution < 1.29 is 9.53 Å². The van der Waals surface area contributed by atoms with Gasteiger partial charge in [-0.1, -0.05) is 6.07 Å². The molecule has 0 heterocycles. The topological polar surface area (TPSA) is 64.3 Å². The lowest BCUT2D eigenvalue weighted by Crippen LogP contribution is -2.14. The minimum absolute atomic E-state index is 0.158. The van der Waals surface area contributed by atoms with Gasteiger partial charge in [0.25, 0.3) is 5.91 Å². The van der Waals surface area contributed by atoms with Crippen molar-refractivity contribution in [2.45, 2.75) is 20.8 Å².